The number of hydrogen-bond acceptors (Lipinski definition) is 4. The molecule has 0 N–H and O–H groups in total. The summed E-state index contributed by atoms with van der Waals surface area (Å²) in [5, 5.41) is 0. The van der Waals surface area contributed by atoms with Crippen LogP contribution >= 0.6 is 0 Å². The lowest BCUT2D eigenvalue weighted by Crippen LogP contribution is -2.09. The van der Waals surface area contributed by atoms with Crippen LogP contribution in [0.5, 0.6) is 17.2 Å². The summed E-state index contributed by atoms with van der Waals surface area (Å²) in [5.41, 5.74) is 2.18. The first-order valence-corrected chi connectivity index (χ1v) is 13.6. The molecule has 198 valence electrons. The molecule has 3 aromatic rings. The normalized spacial score (nSPS) is 10.8. The molecule has 0 aliphatic rings. The Balaban J connectivity index is 1.48. The first-order valence-electron chi connectivity index (χ1n) is 13.6. The second-order valence-electron chi connectivity index (χ2n) is 9.26. The molecule has 4 nitrogen and oxygen atoms in total. The summed E-state index contributed by atoms with van der Waals surface area (Å²) in [7, 11) is 0. The van der Waals surface area contributed by atoms with Gasteiger partial charge in [0.1, 0.15) is 11.5 Å². The van der Waals surface area contributed by atoms with Crippen LogP contribution < -0.4 is 14.2 Å². The molecule has 3 rings (SSSR count). The zero-order valence-electron chi connectivity index (χ0n) is 22.1. The molecule has 0 radical (unpaired) electrons. The van der Waals surface area contributed by atoms with Crippen LogP contribution in [0.15, 0.2) is 66.7 Å². The van der Waals surface area contributed by atoms with Crippen molar-refractivity contribution in [3.8, 4) is 28.4 Å². The molecule has 0 bridgehead atoms. The predicted molar refractivity (Wildman–Crippen MR) is 147 cm³/mol. The largest absolute Gasteiger partial charge is 0.494 e. The smallest absolute Gasteiger partial charge is 0.343 e. The van der Waals surface area contributed by atoms with Crippen LogP contribution in [-0.2, 0) is 0 Å². The lowest BCUT2D eigenvalue weighted by molar-refractivity contribution is 0.0734. The summed E-state index contributed by atoms with van der Waals surface area (Å²) >= 11 is 0. The van der Waals surface area contributed by atoms with E-state index < -0.39 is 11.8 Å². The van der Waals surface area contributed by atoms with Crippen LogP contribution in [0.2, 0.25) is 0 Å². The topological polar surface area (TPSA) is 44.8 Å². The van der Waals surface area contributed by atoms with Crippen molar-refractivity contribution >= 4 is 5.97 Å². The minimum absolute atomic E-state index is 0.142. The Labute approximate surface area is 220 Å². The van der Waals surface area contributed by atoms with Crippen LogP contribution in [0.25, 0.3) is 11.1 Å². The molecule has 3 aromatic carbocycles. The first-order chi connectivity index (χ1) is 18.1. The Kier molecular flexibility index (Phi) is 12.0. The van der Waals surface area contributed by atoms with Gasteiger partial charge in [-0.2, -0.15) is 0 Å². The van der Waals surface area contributed by atoms with Crippen LogP contribution in [0.3, 0.4) is 0 Å². The summed E-state index contributed by atoms with van der Waals surface area (Å²) in [6.07, 6.45) is 10.2. The fourth-order valence-electron chi connectivity index (χ4n) is 3.98. The maximum absolute atomic E-state index is 14.5. The standard InChI is InChI=1S/C32H39FO4/c1-3-5-7-8-9-11-23-36-31-21-16-27(24-30(31)33)32(34)37-29-19-14-26(15-20-29)25-12-17-28(18-13-25)35-22-10-6-4-2/h12-21,24H,3-11,22-23H2,1-2H3. The van der Waals surface area contributed by atoms with Crippen molar-refractivity contribution in [2.24, 2.45) is 0 Å². The molecule has 37 heavy (non-hydrogen) atoms. The highest BCUT2D eigenvalue weighted by Gasteiger charge is 2.13. The summed E-state index contributed by atoms with van der Waals surface area (Å²) in [6, 6.07) is 19.4. The van der Waals surface area contributed by atoms with E-state index in [2.05, 4.69) is 13.8 Å². The van der Waals surface area contributed by atoms with Crippen molar-refractivity contribution in [3.05, 3.63) is 78.1 Å². The number of carbonyl (C=O) groups is 1. The zero-order chi connectivity index (χ0) is 26.3. The molecule has 0 aliphatic heterocycles. The van der Waals surface area contributed by atoms with Crippen molar-refractivity contribution in [3.63, 3.8) is 0 Å². The molecule has 0 aliphatic carbocycles. The van der Waals surface area contributed by atoms with Crippen LogP contribution in [0, 0.1) is 5.82 Å². The molecule has 0 amide bonds. The van der Waals surface area contributed by atoms with Gasteiger partial charge in [-0.1, -0.05) is 83.1 Å². The number of esters is 1. The van der Waals surface area contributed by atoms with Gasteiger partial charge >= 0.3 is 5.97 Å². The number of ether oxygens (including phenoxy) is 3. The Bertz CT molecular complexity index is 1080. The number of hydrogen-bond donors (Lipinski definition) is 0. The highest BCUT2D eigenvalue weighted by molar-refractivity contribution is 5.91. The molecular weight excluding hydrogens is 467 g/mol. The van der Waals surface area contributed by atoms with E-state index in [1.54, 1.807) is 12.1 Å². The molecule has 0 unspecified atom stereocenters. The SMILES string of the molecule is CCCCCCCCOc1ccc(C(=O)Oc2ccc(-c3ccc(OCCCCC)cc3)cc2)cc1F. The van der Waals surface area contributed by atoms with Crippen molar-refractivity contribution in [2.45, 2.75) is 71.6 Å². The lowest BCUT2D eigenvalue weighted by Gasteiger charge is -2.10. The monoisotopic (exact) mass is 506 g/mol. The maximum atomic E-state index is 14.5. The van der Waals surface area contributed by atoms with Gasteiger partial charge < -0.3 is 14.2 Å². The third-order valence-corrected chi connectivity index (χ3v) is 6.19. The molecule has 0 atom stereocenters. The van der Waals surface area contributed by atoms with Gasteiger partial charge in [-0.3, -0.25) is 0 Å². The Morgan fingerprint density at radius 2 is 1.19 bits per heavy atom. The van der Waals surface area contributed by atoms with Crippen molar-refractivity contribution in [1.82, 2.24) is 0 Å². The van der Waals surface area contributed by atoms with Crippen molar-refractivity contribution in [2.75, 3.05) is 13.2 Å². The first kappa shape index (κ1) is 28.2. The van der Waals surface area contributed by atoms with Crippen LogP contribution in [0.1, 0.15) is 82.0 Å². The second kappa shape index (κ2) is 15.7. The minimum atomic E-state index is -0.612. The Morgan fingerprint density at radius 1 is 0.649 bits per heavy atom. The van der Waals surface area contributed by atoms with Gasteiger partial charge in [-0.25, -0.2) is 9.18 Å². The Morgan fingerprint density at radius 3 is 1.84 bits per heavy atom. The third kappa shape index (κ3) is 9.56. The van der Waals surface area contributed by atoms with Gasteiger partial charge in [-0.05, 0) is 66.4 Å². The van der Waals surface area contributed by atoms with E-state index in [1.165, 1.54) is 56.7 Å². The summed E-state index contributed by atoms with van der Waals surface area (Å²) in [6.45, 7) is 5.56. The van der Waals surface area contributed by atoms with Crippen LogP contribution in [0.4, 0.5) is 4.39 Å². The highest BCUT2D eigenvalue weighted by atomic mass is 19.1. The fourth-order valence-corrected chi connectivity index (χ4v) is 3.98. The molecular formula is C32H39FO4. The molecule has 0 heterocycles. The van der Waals surface area contributed by atoms with E-state index in [0.29, 0.717) is 12.4 Å². The van der Waals surface area contributed by atoms with E-state index in [0.717, 1.165) is 42.7 Å². The maximum Gasteiger partial charge on any atom is 0.343 e. The second-order valence-corrected chi connectivity index (χ2v) is 9.26. The van der Waals surface area contributed by atoms with Crippen LogP contribution in [-0.4, -0.2) is 19.2 Å². The molecule has 0 aromatic heterocycles. The minimum Gasteiger partial charge on any atom is -0.494 e. The van der Waals surface area contributed by atoms with E-state index >= 15 is 0 Å². The number of carbonyl (C=O) groups excluding carboxylic acids is 1. The molecule has 0 saturated heterocycles. The van der Waals surface area contributed by atoms with E-state index in [9.17, 15) is 9.18 Å². The van der Waals surface area contributed by atoms with E-state index in [-0.39, 0.29) is 11.3 Å². The van der Waals surface area contributed by atoms with Gasteiger partial charge in [0.15, 0.2) is 11.6 Å². The lowest BCUT2D eigenvalue weighted by atomic mass is 10.1. The van der Waals surface area contributed by atoms with E-state index in [1.807, 2.05) is 36.4 Å². The Hall–Kier alpha value is -3.34. The quantitative estimate of drug-likeness (QED) is 0.110. The highest BCUT2D eigenvalue weighted by Crippen LogP contribution is 2.26. The van der Waals surface area contributed by atoms with Gasteiger partial charge in [0.05, 0.1) is 18.8 Å². The fraction of sp³-hybridized carbons (Fsp3) is 0.406. The van der Waals surface area contributed by atoms with E-state index in [4.69, 9.17) is 14.2 Å². The van der Waals surface area contributed by atoms with Gasteiger partial charge in [-0.15, -0.1) is 0 Å². The number of unbranched alkanes of at least 4 members (excludes halogenated alkanes) is 7. The van der Waals surface area contributed by atoms with Gasteiger partial charge in [0.2, 0.25) is 0 Å². The van der Waals surface area contributed by atoms with Crippen molar-refractivity contribution in [1.29, 1.82) is 0 Å². The molecule has 5 heteroatoms. The number of benzene rings is 3. The molecule has 0 spiro atoms. The van der Waals surface area contributed by atoms with Crippen molar-refractivity contribution < 1.29 is 23.4 Å². The molecule has 0 fully saturated rings. The average Bonchev–Trinajstić information content (AvgIpc) is 2.92. The third-order valence-electron chi connectivity index (χ3n) is 6.19. The zero-order valence-corrected chi connectivity index (χ0v) is 22.1. The van der Waals surface area contributed by atoms with Gasteiger partial charge in [0.25, 0.3) is 0 Å². The molecule has 0 saturated carbocycles. The van der Waals surface area contributed by atoms with Gasteiger partial charge in [0, 0.05) is 0 Å². The number of rotatable bonds is 16. The predicted octanol–water partition coefficient (Wildman–Crippen LogP) is 9.02. The summed E-state index contributed by atoms with van der Waals surface area (Å²) in [4.78, 5) is 12.5. The number of halogens is 1. The summed E-state index contributed by atoms with van der Waals surface area (Å²) in [5.74, 6) is 0.240. The summed E-state index contributed by atoms with van der Waals surface area (Å²) < 4.78 is 31.2. The average molecular weight is 507 g/mol.